The van der Waals surface area contributed by atoms with Gasteiger partial charge >= 0.3 is 0 Å². The first kappa shape index (κ1) is 13.6. The molecule has 1 aliphatic heterocycles. The van der Waals surface area contributed by atoms with Crippen molar-refractivity contribution in [3.05, 3.63) is 18.0 Å². The predicted molar refractivity (Wildman–Crippen MR) is 68.0 cm³/mol. The second-order valence-electron chi connectivity index (χ2n) is 4.83. The van der Waals surface area contributed by atoms with Crippen LogP contribution in [0.25, 0.3) is 0 Å². The maximum Gasteiger partial charge on any atom is 0.240 e. The van der Waals surface area contributed by atoms with Crippen LogP contribution in [0.2, 0.25) is 0 Å². The molecule has 6 nitrogen and oxygen atoms in total. The number of amides is 1. The topological polar surface area (TPSA) is 79.9 Å². The van der Waals surface area contributed by atoms with Gasteiger partial charge in [-0.15, -0.1) is 0 Å². The summed E-state index contributed by atoms with van der Waals surface area (Å²) in [6, 6.07) is 2.16. The van der Waals surface area contributed by atoms with Crippen LogP contribution in [0, 0.1) is 16.7 Å². The zero-order valence-electron chi connectivity index (χ0n) is 11.1. The molecule has 2 rings (SSSR count). The maximum atomic E-state index is 12.1. The first-order valence-corrected chi connectivity index (χ1v) is 6.41. The lowest BCUT2D eigenvalue weighted by Gasteiger charge is -2.29. The third-order valence-corrected chi connectivity index (χ3v) is 3.45. The fraction of sp³-hybridized carbons (Fsp3) is 0.615. The third-order valence-electron chi connectivity index (χ3n) is 3.45. The van der Waals surface area contributed by atoms with Crippen molar-refractivity contribution >= 4 is 5.91 Å². The summed E-state index contributed by atoms with van der Waals surface area (Å²) in [4.78, 5) is 12.1. The minimum Gasteiger partial charge on any atom is -0.381 e. The Kier molecular flexibility index (Phi) is 4.17. The Morgan fingerprint density at radius 3 is 2.95 bits per heavy atom. The van der Waals surface area contributed by atoms with Crippen LogP contribution in [0.3, 0.4) is 0 Å². The summed E-state index contributed by atoms with van der Waals surface area (Å²) in [5.41, 5.74) is 0.161. The van der Waals surface area contributed by atoms with Crippen molar-refractivity contribution in [2.24, 2.45) is 12.5 Å². The van der Waals surface area contributed by atoms with Gasteiger partial charge in [-0.1, -0.05) is 0 Å². The molecule has 6 heteroatoms. The minimum atomic E-state index is -0.910. The van der Waals surface area contributed by atoms with E-state index in [0.29, 0.717) is 32.6 Å². The van der Waals surface area contributed by atoms with Crippen LogP contribution in [0.1, 0.15) is 18.4 Å². The van der Waals surface area contributed by atoms with E-state index in [0.717, 1.165) is 12.0 Å². The Labute approximate surface area is 112 Å². The van der Waals surface area contributed by atoms with Gasteiger partial charge in [0, 0.05) is 33.0 Å². The molecule has 0 aromatic carbocycles. The van der Waals surface area contributed by atoms with Gasteiger partial charge in [-0.2, -0.15) is 10.4 Å². The number of aryl methyl sites for hydroxylation is 1. The molecule has 0 spiro atoms. The number of rotatable bonds is 4. The lowest BCUT2D eigenvalue weighted by Crippen LogP contribution is -2.44. The molecule has 1 aliphatic rings. The van der Waals surface area contributed by atoms with Crippen LogP contribution in [-0.2, 0) is 23.0 Å². The van der Waals surface area contributed by atoms with E-state index in [1.165, 1.54) is 0 Å². The predicted octanol–water partition coefficient (Wildman–Crippen LogP) is 0.399. The van der Waals surface area contributed by atoms with Crippen LogP contribution in [0.5, 0.6) is 0 Å². The first-order valence-electron chi connectivity index (χ1n) is 6.41. The highest BCUT2D eigenvalue weighted by Crippen LogP contribution is 2.29. The Morgan fingerprint density at radius 1 is 1.63 bits per heavy atom. The molecule has 0 bridgehead atoms. The summed E-state index contributed by atoms with van der Waals surface area (Å²) >= 11 is 0. The number of ether oxygens (including phenoxy) is 1. The Bertz CT molecular complexity index is 483. The molecule has 2 heterocycles. The van der Waals surface area contributed by atoms with E-state index in [1.807, 2.05) is 13.2 Å². The van der Waals surface area contributed by atoms with E-state index in [-0.39, 0.29) is 5.91 Å². The molecule has 102 valence electrons. The van der Waals surface area contributed by atoms with Crippen LogP contribution in [0.4, 0.5) is 0 Å². The molecule has 1 saturated heterocycles. The van der Waals surface area contributed by atoms with E-state index in [2.05, 4.69) is 16.5 Å². The molecule has 0 atom stereocenters. The number of nitrogens with zero attached hydrogens (tertiary/aromatic N) is 3. The maximum absolute atomic E-state index is 12.1. The quantitative estimate of drug-likeness (QED) is 0.851. The second-order valence-corrected chi connectivity index (χ2v) is 4.83. The molecule has 19 heavy (non-hydrogen) atoms. The highest BCUT2D eigenvalue weighted by molar-refractivity contribution is 5.85. The van der Waals surface area contributed by atoms with Gasteiger partial charge in [0.05, 0.1) is 12.3 Å². The highest BCUT2D eigenvalue weighted by Gasteiger charge is 2.40. The van der Waals surface area contributed by atoms with Gasteiger partial charge in [0.2, 0.25) is 5.91 Å². The lowest BCUT2D eigenvalue weighted by molar-refractivity contribution is -0.132. The average Bonchev–Trinajstić information content (AvgIpc) is 2.85. The molecule has 0 unspecified atom stereocenters. The van der Waals surface area contributed by atoms with Crippen LogP contribution in [0.15, 0.2) is 12.4 Å². The molecule has 1 aromatic heterocycles. The Hall–Kier alpha value is -1.87. The highest BCUT2D eigenvalue weighted by atomic mass is 16.5. The van der Waals surface area contributed by atoms with E-state index in [1.54, 1.807) is 10.9 Å². The van der Waals surface area contributed by atoms with Crippen molar-refractivity contribution in [3.63, 3.8) is 0 Å². The minimum absolute atomic E-state index is 0.179. The van der Waals surface area contributed by atoms with Crippen molar-refractivity contribution in [1.82, 2.24) is 15.1 Å². The zero-order valence-corrected chi connectivity index (χ0v) is 11.1. The van der Waals surface area contributed by atoms with Crippen molar-refractivity contribution in [2.45, 2.75) is 19.3 Å². The number of hydrogen-bond acceptors (Lipinski definition) is 4. The van der Waals surface area contributed by atoms with Gasteiger partial charge < -0.3 is 10.1 Å². The SMILES string of the molecule is Cn1cc(CCNC(=O)C2(C#N)CCOCC2)cn1. The van der Waals surface area contributed by atoms with Gasteiger partial charge in [-0.25, -0.2) is 0 Å². The van der Waals surface area contributed by atoms with Gasteiger partial charge in [0.1, 0.15) is 5.41 Å². The van der Waals surface area contributed by atoms with Gasteiger partial charge in [0.15, 0.2) is 0 Å². The van der Waals surface area contributed by atoms with Crippen molar-refractivity contribution in [3.8, 4) is 6.07 Å². The molecule has 1 N–H and O–H groups in total. The van der Waals surface area contributed by atoms with E-state index in [9.17, 15) is 10.1 Å². The Balaban J connectivity index is 1.85. The molecule has 0 radical (unpaired) electrons. The largest absolute Gasteiger partial charge is 0.381 e. The number of nitrogens with one attached hydrogen (secondary N) is 1. The summed E-state index contributed by atoms with van der Waals surface area (Å²) < 4.78 is 6.94. The summed E-state index contributed by atoms with van der Waals surface area (Å²) in [6.45, 7) is 1.47. The molecule has 1 fully saturated rings. The summed E-state index contributed by atoms with van der Waals surface area (Å²) in [5.74, 6) is -0.179. The molecular weight excluding hydrogens is 244 g/mol. The van der Waals surface area contributed by atoms with E-state index < -0.39 is 5.41 Å². The summed E-state index contributed by atoms with van der Waals surface area (Å²) in [6.07, 6.45) is 5.36. The monoisotopic (exact) mass is 262 g/mol. The van der Waals surface area contributed by atoms with Crippen LogP contribution in [-0.4, -0.2) is 35.4 Å². The molecule has 0 saturated carbocycles. The number of aromatic nitrogens is 2. The molecular formula is C13H18N4O2. The molecule has 1 amide bonds. The van der Waals surface area contributed by atoms with Crippen molar-refractivity contribution in [1.29, 1.82) is 5.26 Å². The van der Waals surface area contributed by atoms with Crippen molar-refractivity contribution in [2.75, 3.05) is 19.8 Å². The number of nitriles is 1. The summed E-state index contributed by atoms with van der Waals surface area (Å²) in [5, 5.41) is 16.2. The van der Waals surface area contributed by atoms with Crippen LogP contribution < -0.4 is 5.32 Å². The van der Waals surface area contributed by atoms with Gasteiger partial charge in [0.25, 0.3) is 0 Å². The van der Waals surface area contributed by atoms with Crippen molar-refractivity contribution < 1.29 is 9.53 Å². The van der Waals surface area contributed by atoms with Gasteiger partial charge in [-0.05, 0) is 24.8 Å². The normalized spacial score (nSPS) is 17.7. The smallest absolute Gasteiger partial charge is 0.240 e. The number of carbonyl (C=O) groups is 1. The zero-order chi connectivity index (χ0) is 13.7. The second kappa shape index (κ2) is 5.85. The standard InChI is InChI=1S/C13H18N4O2/c1-17-9-11(8-16-17)2-5-15-12(18)13(10-14)3-6-19-7-4-13/h8-9H,2-7H2,1H3,(H,15,18). The van der Waals surface area contributed by atoms with E-state index in [4.69, 9.17) is 4.74 Å². The first-order chi connectivity index (χ1) is 9.16. The van der Waals surface area contributed by atoms with Gasteiger partial charge in [-0.3, -0.25) is 9.48 Å². The van der Waals surface area contributed by atoms with E-state index >= 15 is 0 Å². The number of hydrogen-bond donors (Lipinski definition) is 1. The average molecular weight is 262 g/mol. The fourth-order valence-corrected chi connectivity index (χ4v) is 2.20. The molecule has 0 aliphatic carbocycles. The summed E-state index contributed by atoms with van der Waals surface area (Å²) in [7, 11) is 1.86. The lowest BCUT2D eigenvalue weighted by atomic mass is 9.81. The van der Waals surface area contributed by atoms with Crippen LogP contribution >= 0.6 is 0 Å². The third kappa shape index (κ3) is 3.12. The Morgan fingerprint density at radius 2 is 2.37 bits per heavy atom. The fourth-order valence-electron chi connectivity index (χ4n) is 2.20. The molecule has 1 aromatic rings. The number of carbonyl (C=O) groups excluding carboxylic acids is 1.